The number of nitrogens with one attached hydrogen (secondary N) is 1. The highest BCUT2D eigenvalue weighted by atomic mass is 16.5. The fraction of sp³-hybridized carbons (Fsp3) is 0.538. The van der Waals surface area contributed by atoms with Crippen LogP contribution in [0.4, 0.5) is 5.82 Å². The lowest BCUT2D eigenvalue weighted by atomic mass is 9.74. The van der Waals surface area contributed by atoms with Crippen LogP contribution in [0.1, 0.15) is 33.4 Å². The van der Waals surface area contributed by atoms with Gasteiger partial charge in [-0.2, -0.15) is 4.98 Å². The molecule has 0 unspecified atom stereocenters. The minimum Gasteiger partial charge on any atom is -0.481 e. The lowest BCUT2D eigenvalue weighted by Gasteiger charge is -2.39. The number of aryl methyl sites for hydroxylation is 1. The molecular formula is C13H18N4O3. The van der Waals surface area contributed by atoms with E-state index in [0.29, 0.717) is 22.6 Å². The molecule has 108 valence electrons. The number of hydrogen-bond donors (Lipinski definition) is 2. The van der Waals surface area contributed by atoms with Gasteiger partial charge in [-0.1, -0.05) is 5.16 Å². The Morgan fingerprint density at radius 1 is 1.30 bits per heavy atom. The Kier molecular flexibility index (Phi) is 3.15. The van der Waals surface area contributed by atoms with Crippen molar-refractivity contribution in [2.45, 2.75) is 40.2 Å². The zero-order valence-corrected chi connectivity index (χ0v) is 12.2. The van der Waals surface area contributed by atoms with Crippen molar-refractivity contribution in [3.8, 4) is 0 Å². The molecule has 0 radical (unpaired) electrons. The lowest BCUT2D eigenvalue weighted by molar-refractivity contribution is -0.149. The molecular weight excluding hydrogens is 260 g/mol. The van der Waals surface area contributed by atoms with E-state index >= 15 is 0 Å². The van der Waals surface area contributed by atoms with Gasteiger partial charge in [0.05, 0.1) is 11.1 Å². The van der Waals surface area contributed by atoms with Crippen molar-refractivity contribution < 1.29 is 14.4 Å². The average Bonchev–Trinajstić information content (AvgIpc) is 2.71. The van der Waals surface area contributed by atoms with Crippen LogP contribution in [0.2, 0.25) is 0 Å². The van der Waals surface area contributed by atoms with Crippen molar-refractivity contribution in [3.05, 3.63) is 12.0 Å². The van der Waals surface area contributed by atoms with Crippen LogP contribution in [0.15, 0.2) is 10.9 Å². The molecule has 2 rings (SSSR count). The summed E-state index contributed by atoms with van der Waals surface area (Å²) in [4.78, 5) is 19.6. The molecule has 2 heterocycles. The highest BCUT2D eigenvalue weighted by molar-refractivity contribution is 5.88. The Hall–Kier alpha value is -2.18. The molecule has 0 saturated carbocycles. The Morgan fingerprint density at radius 3 is 2.55 bits per heavy atom. The molecule has 0 spiro atoms. The maximum Gasteiger partial charge on any atom is 0.311 e. The molecule has 0 aliphatic carbocycles. The van der Waals surface area contributed by atoms with E-state index in [-0.39, 0.29) is 0 Å². The first-order chi connectivity index (χ1) is 9.17. The van der Waals surface area contributed by atoms with Gasteiger partial charge in [-0.25, -0.2) is 4.98 Å². The van der Waals surface area contributed by atoms with E-state index < -0.39 is 16.9 Å². The van der Waals surface area contributed by atoms with Crippen LogP contribution in [0.5, 0.6) is 0 Å². The van der Waals surface area contributed by atoms with E-state index in [9.17, 15) is 9.90 Å². The minimum absolute atomic E-state index is 0.379. The zero-order chi connectivity index (χ0) is 15.1. The summed E-state index contributed by atoms with van der Waals surface area (Å²) in [6.45, 7) is 8.76. The van der Waals surface area contributed by atoms with Crippen molar-refractivity contribution in [2.24, 2.45) is 5.41 Å². The van der Waals surface area contributed by atoms with Gasteiger partial charge in [-0.05, 0) is 34.6 Å². The quantitative estimate of drug-likeness (QED) is 0.884. The molecule has 7 nitrogen and oxygen atoms in total. The van der Waals surface area contributed by atoms with Gasteiger partial charge in [0.25, 0.3) is 5.71 Å². The van der Waals surface area contributed by atoms with E-state index in [2.05, 4.69) is 20.4 Å². The SMILES string of the molecule is Cc1noc2ncnc(NC(C)(C)C(C)(C)C(=O)O)c12. The second-order valence-electron chi connectivity index (χ2n) is 5.85. The summed E-state index contributed by atoms with van der Waals surface area (Å²) >= 11 is 0. The summed E-state index contributed by atoms with van der Waals surface area (Å²) < 4.78 is 5.08. The number of hydrogen-bond acceptors (Lipinski definition) is 6. The molecule has 0 atom stereocenters. The Morgan fingerprint density at radius 2 is 1.95 bits per heavy atom. The molecule has 2 aromatic rings. The van der Waals surface area contributed by atoms with Gasteiger partial charge in [0.15, 0.2) is 0 Å². The first-order valence-corrected chi connectivity index (χ1v) is 6.25. The van der Waals surface area contributed by atoms with Gasteiger partial charge in [0.2, 0.25) is 0 Å². The number of rotatable bonds is 4. The molecule has 0 aliphatic heterocycles. The fourth-order valence-corrected chi connectivity index (χ4v) is 1.74. The van der Waals surface area contributed by atoms with E-state index in [4.69, 9.17) is 4.52 Å². The largest absolute Gasteiger partial charge is 0.481 e. The van der Waals surface area contributed by atoms with Gasteiger partial charge in [0.1, 0.15) is 17.5 Å². The predicted molar refractivity (Wildman–Crippen MR) is 73.5 cm³/mol. The molecule has 0 fully saturated rings. The number of aromatic nitrogens is 3. The Balaban J connectivity index is 2.47. The number of fused-ring (bicyclic) bond motifs is 1. The van der Waals surface area contributed by atoms with E-state index in [1.54, 1.807) is 20.8 Å². The zero-order valence-electron chi connectivity index (χ0n) is 12.2. The van der Waals surface area contributed by atoms with Crippen LogP contribution in [-0.4, -0.2) is 31.7 Å². The molecule has 2 N–H and O–H groups in total. The number of anilines is 1. The van der Waals surface area contributed by atoms with Crippen molar-refractivity contribution in [1.29, 1.82) is 0 Å². The van der Waals surface area contributed by atoms with Gasteiger partial charge in [-0.3, -0.25) is 4.79 Å². The van der Waals surface area contributed by atoms with Crippen molar-refractivity contribution in [3.63, 3.8) is 0 Å². The van der Waals surface area contributed by atoms with Crippen LogP contribution < -0.4 is 5.32 Å². The summed E-state index contributed by atoms with van der Waals surface area (Å²) in [5.41, 5.74) is -0.685. The van der Waals surface area contributed by atoms with Crippen molar-refractivity contribution in [1.82, 2.24) is 15.1 Å². The minimum atomic E-state index is -0.991. The number of carboxylic acid groups (broad SMARTS) is 1. The van der Waals surface area contributed by atoms with Crippen LogP contribution in [0.25, 0.3) is 11.1 Å². The lowest BCUT2D eigenvalue weighted by Crippen LogP contribution is -2.50. The number of carboxylic acids is 1. The third-order valence-electron chi connectivity index (χ3n) is 3.97. The van der Waals surface area contributed by atoms with Crippen LogP contribution in [0.3, 0.4) is 0 Å². The van der Waals surface area contributed by atoms with Crippen LogP contribution >= 0.6 is 0 Å². The monoisotopic (exact) mass is 278 g/mol. The topological polar surface area (TPSA) is 101 Å². The summed E-state index contributed by atoms with van der Waals surface area (Å²) in [6, 6.07) is 0. The maximum absolute atomic E-state index is 11.4. The molecule has 2 aromatic heterocycles. The second-order valence-corrected chi connectivity index (χ2v) is 5.85. The smallest absolute Gasteiger partial charge is 0.311 e. The molecule has 0 aromatic carbocycles. The van der Waals surface area contributed by atoms with Gasteiger partial charge < -0.3 is 14.9 Å². The highest BCUT2D eigenvalue weighted by Gasteiger charge is 2.44. The molecule has 0 amide bonds. The van der Waals surface area contributed by atoms with Gasteiger partial charge in [0, 0.05) is 5.54 Å². The third-order valence-corrected chi connectivity index (χ3v) is 3.97. The van der Waals surface area contributed by atoms with Crippen molar-refractivity contribution in [2.75, 3.05) is 5.32 Å². The summed E-state index contributed by atoms with van der Waals surface area (Å²) in [7, 11) is 0. The van der Waals surface area contributed by atoms with Crippen LogP contribution in [-0.2, 0) is 4.79 Å². The standard InChI is InChI=1S/C13H18N4O3/c1-7-8-9(14-6-15-10(8)20-17-7)16-13(4,5)12(2,3)11(18)19/h6H,1-5H3,(H,18,19)(H,14,15,16). The molecule has 0 aliphatic rings. The molecule has 20 heavy (non-hydrogen) atoms. The van der Waals surface area contributed by atoms with E-state index in [0.717, 1.165) is 0 Å². The summed E-state index contributed by atoms with van der Waals surface area (Å²) in [6.07, 6.45) is 1.36. The van der Waals surface area contributed by atoms with Crippen LogP contribution in [0, 0.1) is 12.3 Å². The normalized spacial score (nSPS) is 12.7. The fourth-order valence-electron chi connectivity index (χ4n) is 1.74. The Bertz CT molecular complexity index is 661. The average molecular weight is 278 g/mol. The number of carbonyl (C=O) groups is 1. The summed E-state index contributed by atoms with van der Waals surface area (Å²) in [5, 5.41) is 17.1. The van der Waals surface area contributed by atoms with E-state index in [1.165, 1.54) is 6.33 Å². The highest BCUT2D eigenvalue weighted by Crippen LogP contribution is 2.35. The molecule has 7 heteroatoms. The first kappa shape index (κ1) is 14.2. The first-order valence-electron chi connectivity index (χ1n) is 6.25. The summed E-state index contributed by atoms with van der Waals surface area (Å²) in [5.74, 6) is -0.365. The number of aliphatic carboxylic acids is 1. The second kappa shape index (κ2) is 4.43. The van der Waals surface area contributed by atoms with Crippen molar-refractivity contribution >= 4 is 22.9 Å². The molecule has 0 bridgehead atoms. The van der Waals surface area contributed by atoms with Gasteiger partial charge >= 0.3 is 5.97 Å². The van der Waals surface area contributed by atoms with Gasteiger partial charge in [-0.15, -0.1) is 0 Å². The molecule has 0 saturated heterocycles. The Labute approximate surface area is 116 Å². The van der Waals surface area contributed by atoms with E-state index in [1.807, 2.05) is 13.8 Å². The number of nitrogens with zero attached hydrogens (tertiary/aromatic N) is 3. The maximum atomic E-state index is 11.4. The predicted octanol–water partition coefficient (Wildman–Crippen LogP) is 2.23. The third kappa shape index (κ3) is 2.09.